The van der Waals surface area contributed by atoms with E-state index < -0.39 is 0 Å². The lowest BCUT2D eigenvalue weighted by molar-refractivity contribution is 0.0744. The van der Waals surface area contributed by atoms with Crippen molar-refractivity contribution in [2.75, 3.05) is 13.1 Å². The third kappa shape index (κ3) is 4.32. The molecular weight excluding hydrogens is 407 g/mol. The maximum Gasteiger partial charge on any atom is 0.286 e. The van der Waals surface area contributed by atoms with Crippen molar-refractivity contribution in [1.82, 2.24) is 20.0 Å². The number of benzene rings is 2. The molecule has 0 saturated carbocycles. The Morgan fingerprint density at radius 2 is 1.52 bits per heavy atom. The van der Waals surface area contributed by atoms with E-state index in [9.17, 15) is 4.79 Å². The molecule has 1 aliphatic heterocycles. The second-order valence-corrected chi connectivity index (χ2v) is 8.05. The Morgan fingerprint density at radius 3 is 2.14 bits per heavy atom. The van der Waals surface area contributed by atoms with Crippen LogP contribution in [0.5, 0.6) is 0 Å². The van der Waals surface area contributed by atoms with Gasteiger partial charge in [-0.05, 0) is 68.3 Å². The van der Waals surface area contributed by atoms with Gasteiger partial charge in [-0.1, -0.05) is 29.6 Å². The molecule has 1 amide bonds. The van der Waals surface area contributed by atoms with Crippen molar-refractivity contribution in [3.63, 3.8) is 0 Å². The SMILES string of the molecule is Cc1c(C(=O)NN2CCCCC2)nc(-c2ccc(Cl)cc2)n1-c1ccc(Cl)cc1. The van der Waals surface area contributed by atoms with Crippen molar-refractivity contribution >= 4 is 29.1 Å². The van der Waals surface area contributed by atoms with Crippen LogP contribution in [0.2, 0.25) is 10.0 Å². The highest BCUT2D eigenvalue weighted by molar-refractivity contribution is 6.30. The molecule has 0 spiro atoms. The summed E-state index contributed by atoms with van der Waals surface area (Å²) in [4.78, 5) is 17.7. The maximum atomic E-state index is 13.0. The van der Waals surface area contributed by atoms with Gasteiger partial charge in [-0.15, -0.1) is 0 Å². The molecule has 1 aliphatic rings. The highest BCUT2D eigenvalue weighted by Gasteiger charge is 2.23. The number of amides is 1. The molecule has 1 aromatic heterocycles. The minimum atomic E-state index is -0.188. The van der Waals surface area contributed by atoms with Gasteiger partial charge in [0.25, 0.3) is 5.91 Å². The number of hydrogen-bond donors (Lipinski definition) is 1. The smallest absolute Gasteiger partial charge is 0.286 e. The zero-order chi connectivity index (χ0) is 20.4. The monoisotopic (exact) mass is 428 g/mol. The molecule has 0 aliphatic carbocycles. The van der Waals surface area contributed by atoms with Crippen LogP contribution >= 0.6 is 23.2 Å². The van der Waals surface area contributed by atoms with Gasteiger partial charge < -0.3 is 0 Å². The van der Waals surface area contributed by atoms with Crippen LogP contribution in [0.25, 0.3) is 17.1 Å². The lowest BCUT2D eigenvalue weighted by Gasteiger charge is -2.26. The second-order valence-electron chi connectivity index (χ2n) is 7.18. The average molecular weight is 429 g/mol. The van der Waals surface area contributed by atoms with E-state index in [4.69, 9.17) is 28.2 Å². The molecule has 2 heterocycles. The molecule has 2 aromatic carbocycles. The molecule has 3 aromatic rings. The van der Waals surface area contributed by atoms with Gasteiger partial charge in [0.15, 0.2) is 5.69 Å². The number of imidazole rings is 1. The molecule has 1 saturated heterocycles. The van der Waals surface area contributed by atoms with Gasteiger partial charge in [0.05, 0.1) is 5.69 Å². The number of aromatic nitrogens is 2. The summed E-state index contributed by atoms with van der Waals surface area (Å²) in [6.07, 6.45) is 3.39. The van der Waals surface area contributed by atoms with Crippen molar-refractivity contribution in [1.29, 1.82) is 0 Å². The Hall–Kier alpha value is -2.34. The molecule has 1 N–H and O–H groups in total. The molecule has 0 unspecified atom stereocenters. The molecule has 150 valence electrons. The lowest BCUT2D eigenvalue weighted by Crippen LogP contribution is -2.45. The van der Waals surface area contributed by atoms with Crippen molar-refractivity contribution in [2.45, 2.75) is 26.2 Å². The van der Waals surface area contributed by atoms with Crippen molar-refractivity contribution in [3.05, 3.63) is 70.0 Å². The fourth-order valence-electron chi connectivity index (χ4n) is 3.62. The largest absolute Gasteiger partial charge is 0.296 e. The molecule has 4 rings (SSSR count). The van der Waals surface area contributed by atoms with E-state index in [0.717, 1.165) is 42.9 Å². The third-order valence-corrected chi connectivity index (χ3v) is 5.63. The Balaban J connectivity index is 1.76. The zero-order valence-corrected chi connectivity index (χ0v) is 17.7. The Bertz CT molecular complexity index is 1010. The first-order valence-electron chi connectivity index (χ1n) is 9.70. The van der Waals surface area contributed by atoms with Gasteiger partial charge in [0.1, 0.15) is 5.82 Å². The van der Waals surface area contributed by atoms with E-state index >= 15 is 0 Å². The summed E-state index contributed by atoms with van der Waals surface area (Å²) in [5, 5.41) is 3.29. The van der Waals surface area contributed by atoms with Crippen molar-refractivity contribution < 1.29 is 4.79 Å². The van der Waals surface area contributed by atoms with E-state index in [1.807, 2.05) is 65.0 Å². The van der Waals surface area contributed by atoms with Gasteiger partial charge in [-0.25, -0.2) is 9.99 Å². The lowest BCUT2D eigenvalue weighted by atomic mass is 10.2. The summed E-state index contributed by atoms with van der Waals surface area (Å²) in [5.41, 5.74) is 5.97. The number of piperidine rings is 1. The molecule has 5 nitrogen and oxygen atoms in total. The summed E-state index contributed by atoms with van der Waals surface area (Å²) >= 11 is 12.1. The molecule has 7 heteroatoms. The Morgan fingerprint density at radius 1 is 0.931 bits per heavy atom. The van der Waals surface area contributed by atoms with Gasteiger partial charge in [0, 0.05) is 34.4 Å². The third-order valence-electron chi connectivity index (χ3n) is 5.13. The highest BCUT2D eigenvalue weighted by atomic mass is 35.5. The van der Waals surface area contributed by atoms with Crippen LogP contribution in [0.4, 0.5) is 0 Å². The van der Waals surface area contributed by atoms with E-state index in [0.29, 0.717) is 21.6 Å². The van der Waals surface area contributed by atoms with E-state index in [1.165, 1.54) is 6.42 Å². The van der Waals surface area contributed by atoms with E-state index in [-0.39, 0.29) is 5.91 Å². The summed E-state index contributed by atoms with van der Waals surface area (Å²) in [7, 11) is 0. The molecule has 1 fully saturated rings. The van der Waals surface area contributed by atoms with Crippen LogP contribution < -0.4 is 5.43 Å². The summed E-state index contributed by atoms with van der Waals surface area (Å²) in [6.45, 7) is 3.64. The summed E-state index contributed by atoms with van der Waals surface area (Å²) in [6, 6.07) is 14.9. The number of nitrogens with zero attached hydrogens (tertiary/aromatic N) is 3. The fourth-order valence-corrected chi connectivity index (χ4v) is 3.87. The van der Waals surface area contributed by atoms with Crippen LogP contribution in [0.15, 0.2) is 48.5 Å². The van der Waals surface area contributed by atoms with Gasteiger partial charge in [-0.3, -0.25) is 14.8 Å². The van der Waals surface area contributed by atoms with Gasteiger partial charge in [-0.2, -0.15) is 0 Å². The number of rotatable bonds is 4. The fraction of sp³-hybridized carbons (Fsp3) is 0.273. The zero-order valence-electron chi connectivity index (χ0n) is 16.2. The number of carbonyl (C=O) groups excluding carboxylic acids is 1. The number of carbonyl (C=O) groups is 1. The quantitative estimate of drug-likeness (QED) is 0.614. The second kappa shape index (κ2) is 8.57. The van der Waals surface area contributed by atoms with Crippen LogP contribution in [0.3, 0.4) is 0 Å². The standard InChI is InChI=1S/C22H22Cl2N4O/c1-15-20(22(29)26-27-13-3-2-4-14-27)25-21(16-5-7-17(23)8-6-16)28(15)19-11-9-18(24)10-12-19/h5-12H,2-4,13-14H2,1H3,(H,26,29). The van der Waals surface area contributed by atoms with Crippen LogP contribution in [-0.4, -0.2) is 33.6 Å². The first-order chi connectivity index (χ1) is 14.0. The number of hydrogen-bond acceptors (Lipinski definition) is 3. The molecular formula is C22H22Cl2N4O. The van der Waals surface area contributed by atoms with Crippen LogP contribution in [0.1, 0.15) is 35.4 Å². The minimum Gasteiger partial charge on any atom is -0.296 e. The van der Waals surface area contributed by atoms with Crippen molar-refractivity contribution in [2.24, 2.45) is 0 Å². The molecule has 0 radical (unpaired) electrons. The first-order valence-corrected chi connectivity index (χ1v) is 10.5. The topological polar surface area (TPSA) is 50.2 Å². The van der Waals surface area contributed by atoms with Gasteiger partial charge >= 0.3 is 0 Å². The highest BCUT2D eigenvalue weighted by Crippen LogP contribution is 2.28. The Labute approximate surface area is 180 Å². The number of hydrazine groups is 1. The van der Waals surface area contributed by atoms with Gasteiger partial charge in [0.2, 0.25) is 0 Å². The predicted molar refractivity (Wildman–Crippen MR) is 117 cm³/mol. The van der Waals surface area contributed by atoms with E-state index in [1.54, 1.807) is 0 Å². The normalized spacial score (nSPS) is 14.7. The average Bonchev–Trinajstić information content (AvgIpc) is 3.07. The number of halogens is 2. The minimum absolute atomic E-state index is 0.188. The number of nitrogens with one attached hydrogen (secondary N) is 1. The van der Waals surface area contributed by atoms with Crippen LogP contribution in [-0.2, 0) is 0 Å². The molecule has 29 heavy (non-hydrogen) atoms. The van der Waals surface area contributed by atoms with Crippen LogP contribution in [0, 0.1) is 6.92 Å². The molecule has 0 bridgehead atoms. The molecule has 0 atom stereocenters. The maximum absolute atomic E-state index is 13.0. The van der Waals surface area contributed by atoms with E-state index in [2.05, 4.69) is 5.43 Å². The van der Waals surface area contributed by atoms with Crippen molar-refractivity contribution in [3.8, 4) is 17.1 Å². The first kappa shape index (κ1) is 20.0. The predicted octanol–water partition coefficient (Wildman–Crippen LogP) is 5.29. The summed E-state index contributed by atoms with van der Waals surface area (Å²) in [5.74, 6) is 0.498. The Kier molecular flexibility index (Phi) is 5.90. The summed E-state index contributed by atoms with van der Waals surface area (Å²) < 4.78 is 1.98.